The van der Waals surface area contributed by atoms with Crippen LogP contribution in [0.15, 0.2) is 48.8 Å². The van der Waals surface area contributed by atoms with Crippen LogP contribution < -0.4 is 9.64 Å². The maximum atomic E-state index is 12.9. The number of benzene rings is 1. The number of piperazine rings is 1. The molecule has 138 valence electrons. The van der Waals surface area contributed by atoms with Crippen LogP contribution in [-0.4, -0.2) is 58.2 Å². The molecule has 2 aliphatic rings. The van der Waals surface area contributed by atoms with Crippen molar-refractivity contribution in [3.05, 3.63) is 54.4 Å². The van der Waals surface area contributed by atoms with Crippen molar-refractivity contribution in [2.24, 2.45) is 5.92 Å². The van der Waals surface area contributed by atoms with E-state index in [2.05, 4.69) is 15.0 Å². The van der Waals surface area contributed by atoms with Crippen LogP contribution in [-0.2, 0) is 11.2 Å². The molecule has 1 saturated heterocycles. The zero-order chi connectivity index (χ0) is 18.2. The lowest BCUT2D eigenvalue weighted by Crippen LogP contribution is -2.52. The van der Waals surface area contributed by atoms with Crippen molar-refractivity contribution in [2.45, 2.75) is 6.42 Å². The van der Waals surface area contributed by atoms with Gasteiger partial charge in [-0.05, 0) is 30.2 Å². The quantitative estimate of drug-likeness (QED) is 0.693. The summed E-state index contributed by atoms with van der Waals surface area (Å²) in [7, 11) is 0. The van der Waals surface area contributed by atoms with Gasteiger partial charge < -0.3 is 14.5 Å². The fourth-order valence-corrected chi connectivity index (χ4v) is 3.87. The lowest BCUT2D eigenvalue weighted by Gasteiger charge is -2.37. The predicted molar refractivity (Wildman–Crippen MR) is 101 cm³/mol. The maximum Gasteiger partial charge on any atom is 0.229 e. The Bertz CT molecular complexity index is 977. The summed E-state index contributed by atoms with van der Waals surface area (Å²) < 4.78 is 7.58. The molecular formula is C20H21N5O2. The van der Waals surface area contributed by atoms with E-state index in [9.17, 15) is 4.79 Å². The first-order valence-corrected chi connectivity index (χ1v) is 9.33. The molecule has 0 N–H and O–H groups in total. The standard InChI is InChI=1S/C20H21N5O2/c26-20(16-13-15-3-1-2-4-17(15)27-14-16)24-11-9-23(10-12-24)19-6-5-18-21-7-8-25(18)22-19/h1-8,16H,9-14H2. The van der Waals surface area contributed by atoms with Crippen LogP contribution >= 0.6 is 0 Å². The van der Waals surface area contributed by atoms with Crippen molar-refractivity contribution in [2.75, 3.05) is 37.7 Å². The van der Waals surface area contributed by atoms with Gasteiger partial charge in [0.2, 0.25) is 5.91 Å². The molecule has 2 aromatic heterocycles. The van der Waals surface area contributed by atoms with E-state index in [1.807, 2.05) is 47.5 Å². The van der Waals surface area contributed by atoms with Gasteiger partial charge in [-0.3, -0.25) is 4.79 Å². The fraction of sp³-hybridized carbons (Fsp3) is 0.350. The molecule has 7 heteroatoms. The highest BCUT2D eigenvalue weighted by Crippen LogP contribution is 2.28. The highest BCUT2D eigenvalue weighted by Gasteiger charge is 2.31. The van der Waals surface area contributed by atoms with Crippen molar-refractivity contribution < 1.29 is 9.53 Å². The zero-order valence-electron chi connectivity index (χ0n) is 15.0. The molecule has 4 heterocycles. The number of anilines is 1. The first-order chi connectivity index (χ1) is 13.3. The van der Waals surface area contributed by atoms with Gasteiger partial charge >= 0.3 is 0 Å². The van der Waals surface area contributed by atoms with Gasteiger partial charge in [-0.15, -0.1) is 5.10 Å². The van der Waals surface area contributed by atoms with E-state index in [0.717, 1.165) is 42.3 Å². The van der Waals surface area contributed by atoms with Gasteiger partial charge in [0.15, 0.2) is 5.65 Å². The third kappa shape index (κ3) is 2.99. The summed E-state index contributed by atoms with van der Waals surface area (Å²) in [5, 5.41) is 4.60. The van der Waals surface area contributed by atoms with E-state index in [1.54, 1.807) is 10.7 Å². The number of ether oxygens (including phenoxy) is 1. The van der Waals surface area contributed by atoms with Crippen LogP contribution in [0.1, 0.15) is 5.56 Å². The van der Waals surface area contributed by atoms with Gasteiger partial charge in [-0.2, -0.15) is 0 Å². The number of nitrogens with zero attached hydrogens (tertiary/aromatic N) is 5. The highest BCUT2D eigenvalue weighted by atomic mass is 16.5. The van der Waals surface area contributed by atoms with Gasteiger partial charge in [0.1, 0.15) is 18.2 Å². The van der Waals surface area contributed by atoms with Crippen molar-refractivity contribution >= 4 is 17.4 Å². The molecule has 2 aliphatic heterocycles. The summed E-state index contributed by atoms with van der Waals surface area (Å²) in [6.07, 6.45) is 4.35. The largest absolute Gasteiger partial charge is 0.492 e. The summed E-state index contributed by atoms with van der Waals surface area (Å²) in [4.78, 5) is 21.4. The Balaban J connectivity index is 1.23. The normalized spacial score (nSPS) is 19.6. The van der Waals surface area contributed by atoms with E-state index in [1.165, 1.54) is 0 Å². The summed E-state index contributed by atoms with van der Waals surface area (Å²) in [5.74, 6) is 1.93. The second-order valence-electron chi connectivity index (χ2n) is 7.05. The van der Waals surface area contributed by atoms with Crippen LogP contribution in [0.2, 0.25) is 0 Å². The maximum absolute atomic E-state index is 12.9. The van der Waals surface area contributed by atoms with Crippen LogP contribution in [0.4, 0.5) is 5.82 Å². The second-order valence-corrected chi connectivity index (χ2v) is 7.05. The van der Waals surface area contributed by atoms with Crippen molar-refractivity contribution in [3.63, 3.8) is 0 Å². The minimum Gasteiger partial charge on any atom is -0.492 e. The topological polar surface area (TPSA) is 63.0 Å². The van der Waals surface area contributed by atoms with Crippen LogP contribution in [0.3, 0.4) is 0 Å². The average molecular weight is 363 g/mol. The molecule has 0 spiro atoms. The number of para-hydroxylation sites is 1. The Labute approximate surface area is 157 Å². The Morgan fingerprint density at radius 2 is 1.93 bits per heavy atom. The van der Waals surface area contributed by atoms with Gasteiger partial charge in [-0.1, -0.05) is 18.2 Å². The summed E-state index contributed by atoms with van der Waals surface area (Å²) >= 11 is 0. The number of carbonyl (C=O) groups excluding carboxylic acids is 1. The number of imidazole rings is 1. The van der Waals surface area contributed by atoms with Crippen molar-refractivity contribution in [1.29, 1.82) is 0 Å². The molecule has 1 fully saturated rings. The zero-order valence-corrected chi connectivity index (χ0v) is 15.0. The number of amides is 1. The van der Waals surface area contributed by atoms with E-state index < -0.39 is 0 Å². The van der Waals surface area contributed by atoms with Crippen LogP contribution in [0.25, 0.3) is 5.65 Å². The molecule has 3 aromatic rings. The van der Waals surface area contributed by atoms with E-state index in [0.29, 0.717) is 19.7 Å². The number of aromatic nitrogens is 3. The predicted octanol–water partition coefficient (Wildman–Crippen LogP) is 1.63. The summed E-state index contributed by atoms with van der Waals surface area (Å²) in [5.41, 5.74) is 1.96. The Hall–Kier alpha value is -3.09. The second kappa shape index (κ2) is 6.57. The number of hydrogen-bond acceptors (Lipinski definition) is 5. The third-order valence-electron chi connectivity index (χ3n) is 5.38. The number of carbonyl (C=O) groups is 1. The monoisotopic (exact) mass is 363 g/mol. The number of fused-ring (bicyclic) bond motifs is 2. The Morgan fingerprint density at radius 1 is 1.07 bits per heavy atom. The van der Waals surface area contributed by atoms with Gasteiger partial charge in [0.25, 0.3) is 0 Å². The molecule has 27 heavy (non-hydrogen) atoms. The average Bonchev–Trinajstić information content (AvgIpc) is 3.21. The lowest BCUT2D eigenvalue weighted by molar-refractivity contribution is -0.137. The molecule has 0 bridgehead atoms. The molecule has 0 saturated carbocycles. The molecule has 1 atom stereocenters. The molecule has 1 amide bonds. The molecule has 5 rings (SSSR count). The smallest absolute Gasteiger partial charge is 0.229 e. The minimum atomic E-state index is -0.0909. The fourth-order valence-electron chi connectivity index (χ4n) is 3.87. The lowest BCUT2D eigenvalue weighted by atomic mass is 9.95. The van der Waals surface area contributed by atoms with E-state index in [-0.39, 0.29) is 11.8 Å². The van der Waals surface area contributed by atoms with Gasteiger partial charge in [-0.25, -0.2) is 9.50 Å². The third-order valence-corrected chi connectivity index (χ3v) is 5.38. The van der Waals surface area contributed by atoms with Gasteiger partial charge in [0.05, 0.1) is 5.92 Å². The number of hydrogen-bond donors (Lipinski definition) is 0. The van der Waals surface area contributed by atoms with Crippen LogP contribution in [0.5, 0.6) is 5.75 Å². The summed E-state index contributed by atoms with van der Waals surface area (Å²) in [6.45, 7) is 3.45. The molecule has 0 radical (unpaired) electrons. The molecule has 0 aliphatic carbocycles. The van der Waals surface area contributed by atoms with E-state index in [4.69, 9.17) is 4.74 Å². The van der Waals surface area contributed by atoms with Crippen LogP contribution in [0, 0.1) is 5.92 Å². The Kier molecular flexibility index (Phi) is 3.92. The Morgan fingerprint density at radius 3 is 2.81 bits per heavy atom. The molecule has 1 aromatic carbocycles. The first kappa shape index (κ1) is 16.1. The van der Waals surface area contributed by atoms with Crippen molar-refractivity contribution in [3.8, 4) is 5.75 Å². The molecular weight excluding hydrogens is 342 g/mol. The van der Waals surface area contributed by atoms with E-state index >= 15 is 0 Å². The van der Waals surface area contributed by atoms with Gasteiger partial charge in [0, 0.05) is 38.6 Å². The molecule has 7 nitrogen and oxygen atoms in total. The minimum absolute atomic E-state index is 0.0909. The summed E-state index contributed by atoms with van der Waals surface area (Å²) in [6, 6.07) is 11.9. The SMILES string of the molecule is O=C(C1COc2ccccc2C1)N1CCN(c2ccc3nccn3n2)CC1. The highest BCUT2D eigenvalue weighted by molar-refractivity contribution is 5.80. The van der Waals surface area contributed by atoms with Crippen molar-refractivity contribution in [1.82, 2.24) is 19.5 Å². The first-order valence-electron chi connectivity index (χ1n) is 9.33. The molecule has 1 unspecified atom stereocenters. The number of rotatable bonds is 2.